The van der Waals surface area contributed by atoms with Crippen LogP contribution in [0.3, 0.4) is 0 Å². The molecule has 2 aromatic carbocycles. The monoisotopic (exact) mass is 381 g/mol. The maximum atomic E-state index is 6.70. The van der Waals surface area contributed by atoms with Crippen molar-refractivity contribution in [1.29, 1.82) is 0 Å². The van der Waals surface area contributed by atoms with E-state index in [4.69, 9.17) is 4.65 Å². The van der Waals surface area contributed by atoms with Gasteiger partial charge >= 0.3 is 6.48 Å². The highest BCUT2D eigenvalue weighted by atomic mass is 16.5. The third-order valence-electron chi connectivity index (χ3n) is 4.97. The molecular weight excluding hydrogens is 357 g/mol. The Hall–Kier alpha value is -3.60. The molecule has 4 rings (SSSR count). The maximum absolute atomic E-state index is 6.70. The Kier molecular flexibility index (Phi) is 5.30. The van der Waals surface area contributed by atoms with Gasteiger partial charge in [-0.2, -0.15) is 0 Å². The Morgan fingerprint density at radius 2 is 1.48 bits per heavy atom. The number of rotatable bonds is 5. The van der Waals surface area contributed by atoms with E-state index >= 15 is 0 Å². The molecule has 0 aliphatic carbocycles. The van der Waals surface area contributed by atoms with Crippen molar-refractivity contribution in [3.63, 3.8) is 0 Å². The predicted octanol–water partition coefficient (Wildman–Crippen LogP) is 1.20. The summed E-state index contributed by atoms with van der Waals surface area (Å²) < 4.78 is 6.70. The number of hydrogen-bond donors (Lipinski definition) is 1. The first-order valence-electron chi connectivity index (χ1n) is 9.75. The zero-order chi connectivity index (χ0) is 20.1. The molecule has 0 unspecified atom stereocenters. The van der Waals surface area contributed by atoms with Gasteiger partial charge in [-0.3, -0.25) is 4.98 Å². The lowest BCUT2D eigenvalue weighted by atomic mass is 9.42. The number of allylic oxidation sites excluding steroid dienone is 2. The second kappa shape index (κ2) is 8.19. The molecule has 2 heterocycles. The van der Waals surface area contributed by atoms with Crippen molar-refractivity contribution in [3.05, 3.63) is 115 Å². The van der Waals surface area contributed by atoms with E-state index in [1.807, 2.05) is 98.1 Å². The van der Waals surface area contributed by atoms with Crippen LogP contribution in [-0.4, -0.2) is 36.2 Å². The molecule has 0 saturated carbocycles. The molecule has 1 aliphatic heterocycles. The van der Waals surface area contributed by atoms with Crippen molar-refractivity contribution in [2.45, 2.75) is 0 Å². The van der Waals surface area contributed by atoms with E-state index in [0.717, 1.165) is 28.1 Å². The molecule has 1 N–H and O–H groups in total. The second-order valence-corrected chi connectivity index (χ2v) is 7.32. The van der Waals surface area contributed by atoms with Crippen molar-refractivity contribution in [2.24, 2.45) is 0 Å². The van der Waals surface area contributed by atoms with E-state index in [1.165, 1.54) is 0 Å². The van der Waals surface area contributed by atoms with Crippen molar-refractivity contribution in [2.75, 3.05) is 14.1 Å². The molecule has 0 spiro atoms. The maximum Gasteiger partial charge on any atom is 0.507 e. The smallest absolute Gasteiger partial charge is 0.507 e. The fraction of sp³-hybridized carbons (Fsp3) is 0.0833. The normalized spacial score (nSPS) is 15.4. The third kappa shape index (κ3) is 3.99. The van der Waals surface area contributed by atoms with E-state index in [0.29, 0.717) is 0 Å². The lowest BCUT2D eigenvalue weighted by molar-refractivity contribution is -0.321. The number of nitrogens with one attached hydrogen (secondary N) is 1. The molecule has 0 radical (unpaired) electrons. The third-order valence-corrected chi connectivity index (χ3v) is 4.97. The molecule has 5 heteroatoms. The van der Waals surface area contributed by atoms with E-state index < -0.39 is 6.48 Å². The Morgan fingerprint density at radius 3 is 2.03 bits per heavy atom. The van der Waals surface area contributed by atoms with Gasteiger partial charge in [-0.05, 0) is 18.2 Å². The number of aromatic nitrogens is 1. The standard InChI is InChI=1S/C24H24BN3O/c1-28(2)18-16-22-19-24(23-15-9-10-17-26-23)27-25(29-22,20-11-5-3-6-12-20)21-13-7-4-8-14-21/h3-19,27H,1-2H3/b18-16+. The van der Waals surface area contributed by atoms with Gasteiger partial charge in [0.05, 0.1) is 5.76 Å². The van der Waals surface area contributed by atoms with E-state index in [1.54, 1.807) is 0 Å². The molecule has 0 amide bonds. The molecular formula is C24H24BN3O. The lowest BCUT2D eigenvalue weighted by Gasteiger charge is -2.36. The van der Waals surface area contributed by atoms with Crippen LogP contribution in [0.2, 0.25) is 0 Å². The van der Waals surface area contributed by atoms with Crippen LogP contribution in [-0.2, 0) is 4.65 Å². The van der Waals surface area contributed by atoms with E-state index in [-0.39, 0.29) is 0 Å². The Bertz CT molecular complexity index is 1010. The number of benzene rings is 2. The van der Waals surface area contributed by atoms with Crippen LogP contribution in [0.25, 0.3) is 0 Å². The van der Waals surface area contributed by atoms with Gasteiger partial charge in [0.2, 0.25) is 0 Å². The Morgan fingerprint density at radius 1 is 0.862 bits per heavy atom. The van der Waals surface area contributed by atoms with Crippen molar-refractivity contribution in [1.82, 2.24) is 9.88 Å². The predicted molar refractivity (Wildman–Crippen MR) is 119 cm³/mol. The average molecular weight is 381 g/mol. The molecule has 0 saturated heterocycles. The van der Waals surface area contributed by atoms with Gasteiger partial charge in [-0.15, -0.1) is 0 Å². The highest BCUT2D eigenvalue weighted by Crippen LogP contribution is 2.13. The average Bonchev–Trinajstić information content (AvgIpc) is 2.79. The van der Waals surface area contributed by atoms with Gasteiger partial charge in [0.25, 0.3) is 0 Å². The lowest BCUT2D eigenvalue weighted by Crippen LogP contribution is -3.01. The van der Waals surface area contributed by atoms with E-state index in [2.05, 4.69) is 34.2 Å². The summed E-state index contributed by atoms with van der Waals surface area (Å²) in [5, 5.41) is 0. The largest absolute Gasteiger partial charge is 0.651 e. The van der Waals surface area contributed by atoms with Crippen LogP contribution in [0.5, 0.6) is 0 Å². The topological polar surface area (TPSA) is 39.3 Å². The SMILES string of the molecule is CN(C)/C=C/C1=CC(c2ccccn2)=[NH+][B-](c2ccccc2)(c2ccccc2)O1. The summed E-state index contributed by atoms with van der Waals surface area (Å²) in [6.07, 6.45) is 7.80. The minimum Gasteiger partial charge on any atom is -0.651 e. The molecule has 144 valence electrons. The fourth-order valence-corrected chi connectivity index (χ4v) is 3.59. The summed E-state index contributed by atoms with van der Waals surface area (Å²) >= 11 is 0. The van der Waals surface area contributed by atoms with Crippen LogP contribution < -0.4 is 15.8 Å². The van der Waals surface area contributed by atoms with Gasteiger partial charge < -0.3 is 14.5 Å². The molecule has 29 heavy (non-hydrogen) atoms. The van der Waals surface area contributed by atoms with Gasteiger partial charge in [0, 0.05) is 32.6 Å². The highest BCUT2D eigenvalue weighted by molar-refractivity contribution is 6.91. The molecule has 0 bridgehead atoms. The summed E-state index contributed by atoms with van der Waals surface area (Å²) in [6.45, 7) is -1.73. The van der Waals surface area contributed by atoms with E-state index in [9.17, 15) is 0 Å². The summed E-state index contributed by atoms with van der Waals surface area (Å²) in [5.41, 5.74) is 3.97. The highest BCUT2D eigenvalue weighted by Gasteiger charge is 2.43. The van der Waals surface area contributed by atoms with Crippen LogP contribution >= 0.6 is 0 Å². The van der Waals surface area contributed by atoms with Crippen molar-refractivity contribution >= 4 is 23.1 Å². The summed E-state index contributed by atoms with van der Waals surface area (Å²) in [7, 11) is 3.99. The van der Waals surface area contributed by atoms with Crippen LogP contribution in [0.15, 0.2) is 109 Å². The molecule has 4 nitrogen and oxygen atoms in total. The fourth-order valence-electron chi connectivity index (χ4n) is 3.59. The zero-order valence-electron chi connectivity index (χ0n) is 16.7. The first-order chi connectivity index (χ1) is 14.2. The Balaban J connectivity index is 1.94. The first-order valence-corrected chi connectivity index (χ1v) is 9.75. The van der Waals surface area contributed by atoms with Crippen molar-refractivity contribution in [3.8, 4) is 0 Å². The summed E-state index contributed by atoms with van der Waals surface area (Å²) in [4.78, 5) is 10.3. The minimum atomic E-state index is -1.73. The molecule has 1 aromatic heterocycles. The quantitative estimate of drug-likeness (QED) is 0.676. The minimum absolute atomic E-state index is 0.783. The van der Waals surface area contributed by atoms with Crippen LogP contribution in [0, 0.1) is 0 Å². The molecule has 3 aromatic rings. The van der Waals surface area contributed by atoms with Gasteiger partial charge in [-0.1, -0.05) is 77.7 Å². The second-order valence-electron chi connectivity index (χ2n) is 7.32. The van der Waals surface area contributed by atoms with Crippen LogP contribution in [0.4, 0.5) is 0 Å². The van der Waals surface area contributed by atoms with Gasteiger partial charge in [0.15, 0.2) is 5.71 Å². The summed E-state index contributed by atoms with van der Waals surface area (Å²) in [6, 6.07) is 26.6. The first kappa shape index (κ1) is 18.8. The summed E-state index contributed by atoms with van der Waals surface area (Å²) in [5.74, 6) is 0.783. The number of nitrogens with zero attached hydrogens (tertiary/aromatic N) is 2. The molecule has 1 aliphatic rings. The molecule has 0 atom stereocenters. The molecule has 0 fully saturated rings. The zero-order valence-corrected chi connectivity index (χ0v) is 16.7. The Labute approximate surface area is 171 Å². The van der Waals surface area contributed by atoms with Gasteiger partial charge in [0.1, 0.15) is 5.69 Å². The van der Waals surface area contributed by atoms with Crippen molar-refractivity contribution < 1.29 is 9.56 Å². The van der Waals surface area contributed by atoms with Gasteiger partial charge in [-0.25, -0.2) is 0 Å². The number of pyridine rings is 1. The number of hydrogen-bond acceptors (Lipinski definition) is 3. The van der Waals surface area contributed by atoms with Crippen LogP contribution in [0.1, 0.15) is 5.69 Å².